The van der Waals surface area contributed by atoms with Gasteiger partial charge in [0.25, 0.3) is 0 Å². The minimum atomic E-state index is -0.995. The number of rotatable bonds is 1. The van der Waals surface area contributed by atoms with Crippen molar-refractivity contribution in [3.63, 3.8) is 0 Å². The van der Waals surface area contributed by atoms with E-state index in [1.165, 1.54) is 6.07 Å². The van der Waals surface area contributed by atoms with Gasteiger partial charge in [0, 0.05) is 10.0 Å². The predicted molar refractivity (Wildman–Crippen MR) is 58.7 cm³/mol. The summed E-state index contributed by atoms with van der Waals surface area (Å²) < 4.78 is 0.714. The van der Waals surface area contributed by atoms with Crippen molar-refractivity contribution >= 4 is 33.5 Å². The maximum Gasteiger partial charge on any atom is 0.337 e. The van der Waals surface area contributed by atoms with E-state index in [4.69, 9.17) is 16.7 Å². The van der Waals surface area contributed by atoms with Crippen LogP contribution in [0.1, 0.15) is 15.9 Å². The van der Waals surface area contributed by atoms with Crippen LogP contribution in [0.4, 0.5) is 0 Å². The molecule has 1 N–H and O–H groups in total. The minimum absolute atomic E-state index is 0.178. The maximum atomic E-state index is 10.8. The number of carbonyl (C=O) groups is 1. The second-order valence-electron chi connectivity index (χ2n) is 2.43. The molecule has 0 bridgehead atoms. The molecule has 0 saturated carbocycles. The van der Waals surface area contributed by atoms with E-state index in [0.29, 0.717) is 10.0 Å². The van der Waals surface area contributed by atoms with E-state index in [-0.39, 0.29) is 11.4 Å². The zero-order chi connectivity index (χ0) is 10.6. The van der Waals surface area contributed by atoms with Crippen molar-refractivity contribution in [1.82, 2.24) is 0 Å². The van der Waals surface area contributed by atoms with Crippen molar-refractivity contribution in [2.45, 2.75) is 0 Å². The van der Waals surface area contributed by atoms with Crippen molar-refractivity contribution in [3.8, 4) is 11.8 Å². The Morgan fingerprint density at radius 3 is 2.86 bits per heavy atom. The molecule has 1 aromatic carbocycles. The highest BCUT2D eigenvalue weighted by Gasteiger charge is 2.08. The SMILES string of the molecule is O=C(O)c1cc(Br)ccc1C#CCCl. The third kappa shape index (κ3) is 2.76. The fourth-order valence-electron chi connectivity index (χ4n) is 0.931. The van der Waals surface area contributed by atoms with Crippen LogP contribution in [-0.4, -0.2) is 17.0 Å². The summed E-state index contributed by atoms with van der Waals surface area (Å²) in [7, 11) is 0. The number of halogens is 2. The summed E-state index contributed by atoms with van der Waals surface area (Å²) in [4.78, 5) is 10.8. The fourth-order valence-corrected chi connectivity index (χ4v) is 1.36. The molecule has 0 aliphatic carbocycles. The van der Waals surface area contributed by atoms with E-state index >= 15 is 0 Å². The summed E-state index contributed by atoms with van der Waals surface area (Å²) in [5, 5.41) is 8.87. The largest absolute Gasteiger partial charge is 0.478 e. The molecule has 0 aromatic heterocycles. The number of hydrogen-bond acceptors (Lipinski definition) is 1. The third-order valence-electron chi connectivity index (χ3n) is 1.50. The van der Waals surface area contributed by atoms with Gasteiger partial charge in [-0.15, -0.1) is 11.6 Å². The minimum Gasteiger partial charge on any atom is -0.478 e. The quantitative estimate of drug-likeness (QED) is 0.631. The lowest BCUT2D eigenvalue weighted by molar-refractivity contribution is 0.0696. The Labute approximate surface area is 95.0 Å². The summed E-state index contributed by atoms with van der Waals surface area (Å²) in [5.74, 6) is 4.50. The first-order chi connectivity index (χ1) is 6.65. The lowest BCUT2D eigenvalue weighted by Crippen LogP contribution is -1.99. The van der Waals surface area contributed by atoms with Gasteiger partial charge in [-0.1, -0.05) is 27.8 Å². The zero-order valence-corrected chi connectivity index (χ0v) is 9.39. The molecule has 0 spiro atoms. The second kappa shape index (κ2) is 5.04. The highest BCUT2D eigenvalue weighted by atomic mass is 79.9. The Morgan fingerprint density at radius 1 is 1.57 bits per heavy atom. The van der Waals surface area contributed by atoms with Crippen LogP contribution in [0, 0.1) is 11.8 Å². The van der Waals surface area contributed by atoms with Gasteiger partial charge in [-0.3, -0.25) is 0 Å². The zero-order valence-electron chi connectivity index (χ0n) is 7.05. The first kappa shape index (κ1) is 11.1. The fraction of sp³-hybridized carbons (Fsp3) is 0.100. The Kier molecular flexibility index (Phi) is 3.99. The predicted octanol–water partition coefficient (Wildman–Crippen LogP) is 2.74. The van der Waals surface area contributed by atoms with Gasteiger partial charge in [0.2, 0.25) is 0 Å². The Bertz CT molecular complexity index is 418. The molecule has 0 radical (unpaired) electrons. The van der Waals surface area contributed by atoms with Crippen LogP contribution >= 0.6 is 27.5 Å². The third-order valence-corrected chi connectivity index (χ3v) is 2.13. The summed E-state index contributed by atoms with van der Waals surface area (Å²) in [5.41, 5.74) is 0.651. The van der Waals surface area contributed by atoms with E-state index in [1.807, 2.05) is 0 Å². The normalized spacial score (nSPS) is 9.00. The van der Waals surface area contributed by atoms with Gasteiger partial charge in [0.05, 0.1) is 11.4 Å². The van der Waals surface area contributed by atoms with Crippen LogP contribution in [0.25, 0.3) is 0 Å². The summed E-state index contributed by atoms with van der Waals surface area (Å²) in [6.07, 6.45) is 0. The van der Waals surface area contributed by atoms with Crippen molar-refractivity contribution in [2.24, 2.45) is 0 Å². The van der Waals surface area contributed by atoms with Crippen LogP contribution in [0.3, 0.4) is 0 Å². The average molecular weight is 274 g/mol. The second-order valence-corrected chi connectivity index (χ2v) is 3.61. The van der Waals surface area contributed by atoms with Crippen LogP contribution in [-0.2, 0) is 0 Å². The van der Waals surface area contributed by atoms with Crippen molar-refractivity contribution in [1.29, 1.82) is 0 Å². The van der Waals surface area contributed by atoms with Gasteiger partial charge < -0.3 is 5.11 Å². The number of benzene rings is 1. The standard InChI is InChI=1S/C10H6BrClO2/c11-8-4-3-7(2-1-5-12)9(6-8)10(13)14/h3-4,6H,5H2,(H,13,14). The Balaban J connectivity index is 3.22. The molecule has 4 heteroatoms. The van der Waals surface area contributed by atoms with Gasteiger partial charge >= 0.3 is 5.97 Å². The molecular formula is C10H6BrClO2. The molecule has 0 aliphatic heterocycles. The monoisotopic (exact) mass is 272 g/mol. The van der Waals surface area contributed by atoms with Crippen LogP contribution in [0.5, 0.6) is 0 Å². The van der Waals surface area contributed by atoms with E-state index in [9.17, 15) is 4.79 Å². The molecular weight excluding hydrogens is 267 g/mol. The molecule has 2 nitrogen and oxygen atoms in total. The van der Waals surface area contributed by atoms with Gasteiger partial charge in [0.15, 0.2) is 0 Å². The Hall–Kier alpha value is -0.980. The number of carboxylic acids is 1. The van der Waals surface area contributed by atoms with Crippen molar-refractivity contribution in [2.75, 3.05) is 5.88 Å². The smallest absolute Gasteiger partial charge is 0.337 e. The van der Waals surface area contributed by atoms with E-state index in [1.54, 1.807) is 12.1 Å². The highest BCUT2D eigenvalue weighted by molar-refractivity contribution is 9.10. The van der Waals surface area contributed by atoms with Gasteiger partial charge in [-0.2, -0.15) is 0 Å². The Morgan fingerprint density at radius 2 is 2.29 bits per heavy atom. The van der Waals surface area contributed by atoms with Crippen molar-refractivity contribution in [3.05, 3.63) is 33.8 Å². The van der Waals surface area contributed by atoms with Gasteiger partial charge in [-0.25, -0.2) is 4.79 Å². The molecule has 0 amide bonds. The van der Waals surface area contributed by atoms with Crippen LogP contribution < -0.4 is 0 Å². The van der Waals surface area contributed by atoms with E-state index < -0.39 is 5.97 Å². The first-order valence-electron chi connectivity index (χ1n) is 3.73. The van der Waals surface area contributed by atoms with Gasteiger partial charge in [-0.05, 0) is 18.2 Å². The molecule has 1 rings (SSSR count). The van der Waals surface area contributed by atoms with Crippen LogP contribution in [0.2, 0.25) is 0 Å². The van der Waals surface area contributed by atoms with Crippen molar-refractivity contribution < 1.29 is 9.90 Å². The number of carboxylic acid groups (broad SMARTS) is 1. The van der Waals surface area contributed by atoms with Gasteiger partial charge in [0.1, 0.15) is 0 Å². The molecule has 0 heterocycles. The molecule has 0 fully saturated rings. The maximum absolute atomic E-state index is 10.8. The number of hydrogen-bond donors (Lipinski definition) is 1. The summed E-state index contributed by atoms with van der Waals surface area (Å²) in [6.45, 7) is 0. The molecule has 0 atom stereocenters. The number of alkyl halides is 1. The molecule has 0 unspecified atom stereocenters. The average Bonchev–Trinajstić information content (AvgIpc) is 2.15. The topological polar surface area (TPSA) is 37.3 Å². The highest BCUT2D eigenvalue weighted by Crippen LogP contribution is 2.16. The summed E-state index contributed by atoms with van der Waals surface area (Å²) in [6, 6.07) is 4.90. The van der Waals surface area contributed by atoms with E-state index in [0.717, 1.165) is 0 Å². The van der Waals surface area contributed by atoms with Crippen LogP contribution in [0.15, 0.2) is 22.7 Å². The molecule has 72 valence electrons. The van der Waals surface area contributed by atoms with E-state index in [2.05, 4.69) is 27.8 Å². The summed E-state index contributed by atoms with van der Waals surface area (Å²) >= 11 is 8.58. The molecule has 0 saturated heterocycles. The molecule has 1 aromatic rings. The number of aromatic carboxylic acids is 1. The lowest BCUT2D eigenvalue weighted by atomic mass is 10.1. The first-order valence-corrected chi connectivity index (χ1v) is 5.05. The molecule has 0 aliphatic rings. The molecule has 14 heavy (non-hydrogen) atoms. The lowest BCUT2D eigenvalue weighted by Gasteiger charge is -1.99.